The van der Waals surface area contributed by atoms with Gasteiger partial charge < -0.3 is 14.8 Å². The molecule has 4 nitrogen and oxygen atoms in total. The summed E-state index contributed by atoms with van der Waals surface area (Å²) in [6.45, 7) is 12.3. The summed E-state index contributed by atoms with van der Waals surface area (Å²) >= 11 is 0. The number of rotatable bonds is 8. The highest BCUT2D eigenvalue weighted by molar-refractivity contribution is 4.84. The lowest BCUT2D eigenvalue weighted by atomic mass is 9.99. The Hall–Kier alpha value is -0.160. The summed E-state index contributed by atoms with van der Waals surface area (Å²) in [5.74, 6) is 0.752. The van der Waals surface area contributed by atoms with Crippen LogP contribution >= 0.6 is 0 Å². The van der Waals surface area contributed by atoms with E-state index in [4.69, 9.17) is 9.47 Å². The van der Waals surface area contributed by atoms with E-state index >= 15 is 0 Å². The number of ether oxygens (including phenoxy) is 2. The zero-order valence-corrected chi connectivity index (χ0v) is 12.4. The SMILES string of the molecule is COCCOCCN1CC(C)NCC1CC(C)C. The van der Waals surface area contributed by atoms with Crippen molar-refractivity contribution in [2.75, 3.05) is 46.6 Å². The minimum atomic E-state index is 0.590. The third-order valence-corrected chi connectivity index (χ3v) is 3.42. The molecule has 2 atom stereocenters. The third-order valence-electron chi connectivity index (χ3n) is 3.42. The fraction of sp³-hybridized carbons (Fsp3) is 1.00. The molecule has 0 saturated carbocycles. The van der Waals surface area contributed by atoms with Gasteiger partial charge in [0.2, 0.25) is 0 Å². The van der Waals surface area contributed by atoms with Crippen LogP contribution in [0.5, 0.6) is 0 Å². The first-order valence-corrected chi connectivity index (χ1v) is 7.17. The van der Waals surface area contributed by atoms with Gasteiger partial charge in [-0.3, -0.25) is 4.90 Å². The summed E-state index contributed by atoms with van der Waals surface area (Å²) in [5, 5.41) is 3.58. The van der Waals surface area contributed by atoms with Gasteiger partial charge in [0.25, 0.3) is 0 Å². The van der Waals surface area contributed by atoms with E-state index in [-0.39, 0.29) is 0 Å². The lowest BCUT2D eigenvalue weighted by molar-refractivity contribution is 0.0369. The summed E-state index contributed by atoms with van der Waals surface area (Å²) in [4.78, 5) is 2.58. The molecule has 1 aliphatic rings. The maximum Gasteiger partial charge on any atom is 0.0700 e. The van der Waals surface area contributed by atoms with Crippen molar-refractivity contribution in [1.29, 1.82) is 0 Å². The molecule has 0 radical (unpaired) electrons. The quantitative estimate of drug-likeness (QED) is 0.667. The van der Waals surface area contributed by atoms with E-state index in [1.807, 2.05) is 0 Å². The van der Waals surface area contributed by atoms with Crippen LogP contribution in [0.25, 0.3) is 0 Å². The van der Waals surface area contributed by atoms with Gasteiger partial charge in [0.15, 0.2) is 0 Å². The van der Waals surface area contributed by atoms with Gasteiger partial charge in [-0.15, -0.1) is 0 Å². The van der Waals surface area contributed by atoms with Crippen LogP contribution in [0.2, 0.25) is 0 Å². The summed E-state index contributed by atoms with van der Waals surface area (Å²) in [6.07, 6.45) is 1.26. The van der Waals surface area contributed by atoms with E-state index in [2.05, 4.69) is 31.0 Å². The molecule has 108 valence electrons. The molecule has 0 aromatic heterocycles. The Morgan fingerprint density at radius 3 is 2.72 bits per heavy atom. The van der Waals surface area contributed by atoms with E-state index in [1.165, 1.54) is 6.42 Å². The average Bonchev–Trinajstić information content (AvgIpc) is 2.31. The molecule has 0 spiro atoms. The molecule has 0 aromatic carbocycles. The van der Waals surface area contributed by atoms with Crippen LogP contribution in [-0.4, -0.2) is 63.5 Å². The predicted octanol–water partition coefficient (Wildman–Crippen LogP) is 1.36. The highest BCUT2D eigenvalue weighted by Crippen LogP contribution is 2.15. The molecule has 4 heteroatoms. The maximum atomic E-state index is 5.58. The molecule has 1 aliphatic heterocycles. The van der Waals surface area contributed by atoms with E-state index < -0.39 is 0 Å². The molecule has 1 heterocycles. The van der Waals surface area contributed by atoms with E-state index in [0.717, 1.165) is 32.2 Å². The molecular weight excluding hydrogens is 228 g/mol. The molecule has 1 fully saturated rings. The predicted molar refractivity (Wildman–Crippen MR) is 75.0 cm³/mol. The first kappa shape index (κ1) is 15.9. The maximum absolute atomic E-state index is 5.58. The van der Waals surface area contributed by atoms with E-state index in [1.54, 1.807) is 7.11 Å². The van der Waals surface area contributed by atoms with Gasteiger partial charge in [0.1, 0.15) is 0 Å². The Labute approximate surface area is 112 Å². The number of hydrogen-bond acceptors (Lipinski definition) is 4. The number of hydrogen-bond donors (Lipinski definition) is 1. The van der Waals surface area contributed by atoms with Gasteiger partial charge in [-0.1, -0.05) is 13.8 Å². The van der Waals surface area contributed by atoms with Crippen LogP contribution in [0.15, 0.2) is 0 Å². The number of methoxy groups -OCH3 is 1. The molecular formula is C14H30N2O2. The van der Waals surface area contributed by atoms with Crippen molar-refractivity contribution < 1.29 is 9.47 Å². The van der Waals surface area contributed by atoms with E-state index in [0.29, 0.717) is 25.3 Å². The smallest absolute Gasteiger partial charge is 0.0700 e. The van der Waals surface area contributed by atoms with E-state index in [9.17, 15) is 0 Å². The van der Waals surface area contributed by atoms with Crippen molar-refractivity contribution in [1.82, 2.24) is 10.2 Å². The molecule has 2 unspecified atom stereocenters. The number of piperazine rings is 1. The molecule has 0 aliphatic carbocycles. The monoisotopic (exact) mass is 258 g/mol. The zero-order valence-electron chi connectivity index (χ0n) is 12.4. The summed E-state index contributed by atoms with van der Waals surface area (Å²) in [7, 11) is 1.71. The van der Waals surface area contributed by atoms with Crippen molar-refractivity contribution in [3.63, 3.8) is 0 Å². The molecule has 1 saturated heterocycles. The molecule has 0 aromatic rings. The normalized spacial score (nSPS) is 25.8. The van der Waals surface area contributed by atoms with Gasteiger partial charge in [-0.05, 0) is 19.3 Å². The Bertz CT molecular complexity index is 212. The van der Waals surface area contributed by atoms with Crippen LogP contribution in [0.3, 0.4) is 0 Å². The van der Waals surface area contributed by atoms with Gasteiger partial charge in [-0.25, -0.2) is 0 Å². The van der Waals surface area contributed by atoms with Crippen molar-refractivity contribution in [2.45, 2.75) is 39.3 Å². The van der Waals surface area contributed by atoms with Crippen LogP contribution in [0, 0.1) is 5.92 Å². The van der Waals surface area contributed by atoms with Gasteiger partial charge in [0, 0.05) is 38.8 Å². The highest BCUT2D eigenvalue weighted by atomic mass is 16.5. The summed E-state index contributed by atoms with van der Waals surface area (Å²) < 4.78 is 10.6. The second kappa shape index (κ2) is 8.86. The minimum absolute atomic E-state index is 0.590. The first-order chi connectivity index (χ1) is 8.63. The summed E-state index contributed by atoms with van der Waals surface area (Å²) in [5.41, 5.74) is 0. The number of nitrogens with one attached hydrogen (secondary N) is 1. The number of nitrogens with zero attached hydrogens (tertiary/aromatic N) is 1. The Morgan fingerprint density at radius 1 is 1.28 bits per heavy atom. The second-order valence-corrected chi connectivity index (χ2v) is 5.69. The standard InChI is InChI=1S/C14H30N2O2/c1-12(2)9-14-10-15-13(3)11-16(14)5-6-18-8-7-17-4/h12-15H,5-11H2,1-4H3. The molecule has 1 N–H and O–H groups in total. The lowest BCUT2D eigenvalue weighted by Gasteiger charge is -2.40. The first-order valence-electron chi connectivity index (χ1n) is 7.17. The highest BCUT2D eigenvalue weighted by Gasteiger charge is 2.25. The van der Waals surface area contributed by atoms with Crippen LogP contribution in [-0.2, 0) is 9.47 Å². The Kier molecular flexibility index (Phi) is 7.82. The summed E-state index contributed by atoms with van der Waals surface area (Å²) in [6, 6.07) is 1.25. The van der Waals surface area contributed by atoms with Crippen molar-refractivity contribution >= 4 is 0 Å². The molecule has 0 amide bonds. The van der Waals surface area contributed by atoms with Gasteiger partial charge in [-0.2, -0.15) is 0 Å². The zero-order chi connectivity index (χ0) is 13.4. The van der Waals surface area contributed by atoms with Crippen molar-refractivity contribution in [2.24, 2.45) is 5.92 Å². The average molecular weight is 258 g/mol. The topological polar surface area (TPSA) is 33.7 Å². The Balaban J connectivity index is 2.27. The van der Waals surface area contributed by atoms with Crippen LogP contribution in [0.4, 0.5) is 0 Å². The van der Waals surface area contributed by atoms with Crippen molar-refractivity contribution in [3.8, 4) is 0 Å². The van der Waals surface area contributed by atoms with Crippen LogP contribution in [0.1, 0.15) is 27.2 Å². The van der Waals surface area contributed by atoms with Gasteiger partial charge in [0.05, 0.1) is 19.8 Å². The minimum Gasteiger partial charge on any atom is -0.382 e. The fourth-order valence-corrected chi connectivity index (χ4v) is 2.51. The Morgan fingerprint density at radius 2 is 2.06 bits per heavy atom. The molecule has 18 heavy (non-hydrogen) atoms. The van der Waals surface area contributed by atoms with Crippen molar-refractivity contribution in [3.05, 3.63) is 0 Å². The third kappa shape index (κ3) is 6.14. The lowest BCUT2D eigenvalue weighted by Crippen LogP contribution is -2.56. The fourth-order valence-electron chi connectivity index (χ4n) is 2.51. The van der Waals surface area contributed by atoms with Gasteiger partial charge >= 0.3 is 0 Å². The molecule has 0 bridgehead atoms. The molecule has 1 rings (SSSR count). The van der Waals surface area contributed by atoms with Crippen LogP contribution < -0.4 is 5.32 Å². The second-order valence-electron chi connectivity index (χ2n) is 5.69. The largest absolute Gasteiger partial charge is 0.382 e.